The van der Waals surface area contributed by atoms with Crippen LogP contribution >= 0.6 is 0 Å². The molecule has 0 spiro atoms. The van der Waals surface area contributed by atoms with Gasteiger partial charge in [0.25, 0.3) is 5.91 Å². The molecule has 0 unspecified atom stereocenters. The van der Waals surface area contributed by atoms with Crippen LogP contribution in [0.15, 0.2) is 36.5 Å². The highest BCUT2D eigenvalue weighted by atomic mass is 16.1. The Labute approximate surface area is 153 Å². The van der Waals surface area contributed by atoms with Crippen LogP contribution in [0.2, 0.25) is 0 Å². The molecule has 5 rings (SSSR count). The second-order valence-corrected chi connectivity index (χ2v) is 6.40. The SMILES string of the molecule is Cc1cccc(-n2nc3c(c2-c2ccc4ncc(C(N)=O)n4n2)CCN3)n1. The largest absolute Gasteiger partial charge is 0.368 e. The van der Waals surface area contributed by atoms with E-state index in [1.807, 2.05) is 37.3 Å². The van der Waals surface area contributed by atoms with Crippen molar-refractivity contribution < 1.29 is 4.79 Å². The zero-order valence-electron chi connectivity index (χ0n) is 14.5. The Hall–Kier alpha value is -3.75. The molecule has 0 aliphatic carbocycles. The van der Waals surface area contributed by atoms with Crippen molar-refractivity contribution in [2.75, 3.05) is 11.9 Å². The summed E-state index contributed by atoms with van der Waals surface area (Å²) >= 11 is 0. The van der Waals surface area contributed by atoms with Crippen molar-refractivity contribution >= 4 is 17.4 Å². The van der Waals surface area contributed by atoms with Crippen LogP contribution in [0.3, 0.4) is 0 Å². The number of amides is 1. The van der Waals surface area contributed by atoms with E-state index in [0.717, 1.165) is 35.7 Å². The molecule has 4 aromatic heterocycles. The third kappa shape index (κ3) is 2.35. The molecule has 1 aliphatic rings. The second kappa shape index (κ2) is 5.63. The lowest BCUT2D eigenvalue weighted by molar-refractivity contribution is 0.0993. The van der Waals surface area contributed by atoms with Crippen LogP contribution < -0.4 is 11.1 Å². The van der Waals surface area contributed by atoms with Gasteiger partial charge in [-0.15, -0.1) is 5.10 Å². The summed E-state index contributed by atoms with van der Waals surface area (Å²) in [7, 11) is 0. The van der Waals surface area contributed by atoms with Crippen molar-refractivity contribution in [2.45, 2.75) is 13.3 Å². The molecule has 5 heterocycles. The van der Waals surface area contributed by atoms with Gasteiger partial charge in [-0.05, 0) is 37.6 Å². The minimum absolute atomic E-state index is 0.237. The number of carbonyl (C=O) groups is 1. The number of aryl methyl sites for hydroxylation is 1. The lowest BCUT2D eigenvalue weighted by Crippen LogP contribution is -2.15. The molecule has 0 bridgehead atoms. The quantitative estimate of drug-likeness (QED) is 0.570. The number of anilines is 1. The summed E-state index contributed by atoms with van der Waals surface area (Å²) in [4.78, 5) is 20.4. The maximum Gasteiger partial charge on any atom is 0.269 e. The van der Waals surface area contributed by atoms with Gasteiger partial charge < -0.3 is 11.1 Å². The number of imidazole rings is 1. The number of nitrogens with zero attached hydrogens (tertiary/aromatic N) is 6. The van der Waals surface area contributed by atoms with E-state index in [2.05, 4.69) is 20.4 Å². The number of primary amides is 1. The number of hydrogen-bond donors (Lipinski definition) is 2. The molecule has 0 fully saturated rings. The maximum atomic E-state index is 11.7. The fourth-order valence-electron chi connectivity index (χ4n) is 3.38. The molecule has 4 aromatic rings. The molecule has 9 heteroatoms. The number of hydrogen-bond acceptors (Lipinski definition) is 6. The predicted molar refractivity (Wildman–Crippen MR) is 98.8 cm³/mol. The zero-order chi connectivity index (χ0) is 18.5. The molecule has 134 valence electrons. The fraction of sp³-hybridized carbons (Fsp3) is 0.167. The van der Waals surface area contributed by atoms with Crippen LogP contribution in [-0.4, -0.2) is 41.8 Å². The standard InChI is InChI=1S/C18H16N8O/c1-10-3-2-4-15(22-10)26-16(11-7-8-20-18(11)24-26)12-5-6-14-21-9-13(17(19)27)25(14)23-12/h2-6,9H,7-8H2,1H3,(H2,19,27)(H,20,24). The molecule has 27 heavy (non-hydrogen) atoms. The molecule has 1 amide bonds. The molecule has 0 aromatic carbocycles. The summed E-state index contributed by atoms with van der Waals surface area (Å²) in [5.41, 5.74) is 9.73. The summed E-state index contributed by atoms with van der Waals surface area (Å²) in [5, 5.41) is 12.6. The van der Waals surface area contributed by atoms with E-state index in [-0.39, 0.29) is 5.69 Å². The first-order valence-corrected chi connectivity index (χ1v) is 8.56. The average Bonchev–Trinajstić information content (AvgIpc) is 3.34. The highest BCUT2D eigenvalue weighted by Crippen LogP contribution is 2.33. The molecule has 9 nitrogen and oxygen atoms in total. The fourth-order valence-corrected chi connectivity index (χ4v) is 3.38. The van der Waals surface area contributed by atoms with Crippen molar-refractivity contribution in [3.05, 3.63) is 53.5 Å². The van der Waals surface area contributed by atoms with Crippen molar-refractivity contribution in [1.29, 1.82) is 0 Å². The second-order valence-electron chi connectivity index (χ2n) is 6.40. The number of carbonyl (C=O) groups excluding carboxylic acids is 1. The van der Waals surface area contributed by atoms with Gasteiger partial charge in [0.05, 0.1) is 6.20 Å². The maximum absolute atomic E-state index is 11.7. The van der Waals surface area contributed by atoms with Crippen LogP contribution in [0.1, 0.15) is 21.7 Å². The van der Waals surface area contributed by atoms with Gasteiger partial charge in [-0.25, -0.2) is 19.2 Å². The molecular weight excluding hydrogens is 344 g/mol. The third-order valence-electron chi connectivity index (χ3n) is 4.60. The van der Waals surface area contributed by atoms with Gasteiger partial charge in [0.2, 0.25) is 0 Å². The van der Waals surface area contributed by atoms with E-state index in [1.54, 1.807) is 4.68 Å². The number of aromatic nitrogens is 6. The summed E-state index contributed by atoms with van der Waals surface area (Å²) in [6.07, 6.45) is 2.27. The molecule has 0 saturated carbocycles. The smallest absolute Gasteiger partial charge is 0.269 e. The Kier molecular flexibility index (Phi) is 3.23. The predicted octanol–water partition coefficient (Wildman–Crippen LogP) is 1.35. The Morgan fingerprint density at radius 1 is 1.22 bits per heavy atom. The van der Waals surface area contributed by atoms with Gasteiger partial charge in [0, 0.05) is 17.8 Å². The Bertz CT molecular complexity index is 1210. The number of nitrogens with two attached hydrogens (primary N) is 1. The van der Waals surface area contributed by atoms with Gasteiger partial charge >= 0.3 is 0 Å². The Balaban J connectivity index is 1.76. The number of pyridine rings is 1. The normalized spacial score (nSPS) is 12.9. The molecule has 1 aliphatic heterocycles. The molecular formula is C18H16N8O. The first-order chi connectivity index (χ1) is 13.1. The minimum atomic E-state index is -0.576. The van der Waals surface area contributed by atoms with E-state index in [1.165, 1.54) is 10.7 Å². The van der Waals surface area contributed by atoms with Crippen LogP contribution in [0.4, 0.5) is 5.82 Å². The van der Waals surface area contributed by atoms with E-state index < -0.39 is 5.91 Å². The van der Waals surface area contributed by atoms with Gasteiger partial charge in [0.1, 0.15) is 17.1 Å². The summed E-state index contributed by atoms with van der Waals surface area (Å²) in [6, 6.07) is 9.47. The van der Waals surface area contributed by atoms with Crippen molar-refractivity contribution in [1.82, 2.24) is 29.4 Å². The van der Waals surface area contributed by atoms with Crippen molar-refractivity contribution in [3.8, 4) is 17.2 Å². The molecule has 0 radical (unpaired) electrons. The highest BCUT2D eigenvalue weighted by molar-refractivity contribution is 5.91. The van der Waals surface area contributed by atoms with E-state index >= 15 is 0 Å². The first-order valence-electron chi connectivity index (χ1n) is 8.56. The lowest BCUT2D eigenvalue weighted by atomic mass is 10.1. The molecule has 3 N–H and O–H groups in total. The van der Waals surface area contributed by atoms with Gasteiger partial charge in [-0.3, -0.25) is 4.79 Å². The Morgan fingerprint density at radius 2 is 2.11 bits per heavy atom. The molecule has 0 atom stereocenters. The topological polar surface area (TPSA) is 116 Å². The van der Waals surface area contributed by atoms with E-state index in [0.29, 0.717) is 17.2 Å². The number of nitrogens with one attached hydrogen (secondary N) is 1. The summed E-state index contributed by atoms with van der Waals surface area (Å²) in [5.74, 6) is 0.965. The monoisotopic (exact) mass is 360 g/mol. The van der Waals surface area contributed by atoms with Crippen molar-refractivity contribution in [2.24, 2.45) is 5.73 Å². The van der Waals surface area contributed by atoms with Crippen LogP contribution in [0.5, 0.6) is 0 Å². The van der Waals surface area contributed by atoms with Crippen molar-refractivity contribution in [3.63, 3.8) is 0 Å². The molecule has 0 saturated heterocycles. The van der Waals surface area contributed by atoms with Gasteiger partial charge in [-0.1, -0.05) is 6.07 Å². The van der Waals surface area contributed by atoms with Crippen LogP contribution in [0, 0.1) is 6.92 Å². The Morgan fingerprint density at radius 3 is 2.93 bits per heavy atom. The number of fused-ring (bicyclic) bond motifs is 2. The van der Waals surface area contributed by atoms with Gasteiger partial charge in [-0.2, -0.15) is 5.10 Å². The van der Waals surface area contributed by atoms with E-state index in [4.69, 9.17) is 10.8 Å². The van der Waals surface area contributed by atoms with Crippen LogP contribution in [0.25, 0.3) is 22.9 Å². The average molecular weight is 360 g/mol. The minimum Gasteiger partial charge on any atom is -0.368 e. The lowest BCUT2D eigenvalue weighted by Gasteiger charge is -2.09. The van der Waals surface area contributed by atoms with Gasteiger partial charge in [0.15, 0.2) is 17.3 Å². The summed E-state index contributed by atoms with van der Waals surface area (Å²) in [6.45, 7) is 2.76. The third-order valence-corrected chi connectivity index (χ3v) is 4.60. The zero-order valence-corrected chi connectivity index (χ0v) is 14.5. The van der Waals surface area contributed by atoms with E-state index in [9.17, 15) is 4.79 Å². The number of rotatable bonds is 3. The highest BCUT2D eigenvalue weighted by Gasteiger charge is 2.26. The first kappa shape index (κ1) is 15.5. The summed E-state index contributed by atoms with van der Waals surface area (Å²) < 4.78 is 3.26. The van der Waals surface area contributed by atoms with Crippen LogP contribution in [-0.2, 0) is 6.42 Å².